The quantitative estimate of drug-likeness (QED) is 0.713. The minimum Gasteiger partial charge on any atom is -0.481 e. The maximum Gasteiger partial charge on any atom is 0.261 e. The number of rotatable bonds is 8. The van der Waals surface area contributed by atoms with Crippen molar-refractivity contribution >= 4 is 5.91 Å². The molecular weight excluding hydrogens is 252 g/mol. The molecule has 4 heteroatoms. The first kappa shape index (κ1) is 14.6. The van der Waals surface area contributed by atoms with Gasteiger partial charge in [0.2, 0.25) is 0 Å². The van der Waals surface area contributed by atoms with Crippen LogP contribution >= 0.6 is 0 Å². The molecule has 108 valence electrons. The van der Waals surface area contributed by atoms with Gasteiger partial charge in [-0.05, 0) is 25.8 Å². The van der Waals surface area contributed by atoms with Crippen molar-refractivity contribution in [2.75, 3.05) is 6.54 Å². The predicted molar refractivity (Wildman–Crippen MR) is 79.6 cm³/mol. The van der Waals surface area contributed by atoms with Crippen molar-refractivity contribution in [1.82, 2.24) is 10.6 Å². The molecule has 1 fully saturated rings. The van der Waals surface area contributed by atoms with Gasteiger partial charge in [-0.2, -0.15) is 0 Å². The molecule has 1 unspecified atom stereocenters. The third kappa shape index (κ3) is 4.38. The molecule has 0 aromatic heterocycles. The van der Waals surface area contributed by atoms with Gasteiger partial charge < -0.3 is 15.4 Å². The summed E-state index contributed by atoms with van der Waals surface area (Å²) in [5.41, 5.74) is 1.09. The van der Waals surface area contributed by atoms with Crippen LogP contribution in [0.4, 0.5) is 0 Å². The zero-order valence-electron chi connectivity index (χ0n) is 11.9. The lowest BCUT2D eigenvalue weighted by molar-refractivity contribution is -0.127. The van der Waals surface area contributed by atoms with E-state index in [0.717, 1.165) is 17.9 Å². The molecule has 20 heavy (non-hydrogen) atoms. The van der Waals surface area contributed by atoms with Gasteiger partial charge in [0.25, 0.3) is 5.91 Å². The van der Waals surface area contributed by atoms with Crippen LogP contribution in [0.2, 0.25) is 0 Å². The van der Waals surface area contributed by atoms with E-state index in [1.54, 1.807) is 13.0 Å². The Labute approximate surface area is 120 Å². The largest absolute Gasteiger partial charge is 0.481 e. The average Bonchev–Trinajstić information content (AvgIpc) is 3.28. The fourth-order valence-corrected chi connectivity index (χ4v) is 1.87. The summed E-state index contributed by atoms with van der Waals surface area (Å²) in [5.74, 6) is 0.636. The summed E-state index contributed by atoms with van der Waals surface area (Å²) in [6.45, 7) is 6.56. The SMILES string of the molecule is C=CCNC(=O)C(C)Oc1ccccc1CNC1CC1. The molecule has 1 amide bonds. The van der Waals surface area contributed by atoms with Gasteiger partial charge in [-0.15, -0.1) is 6.58 Å². The molecule has 0 saturated heterocycles. The lowest BCUT2D eigenvalue weighted by Gasteiger charge is -2.17. The van der Waals surface area contributed by atoms with E-state index in [9.17, 15) is 4.79 Å². The fraction of sp³-hybridized carbons (Fsp3) is 0.438. The van der Waals surface area contributed by atoms with Crippen LogP contribution in [-0.4, -0.2) is 24.6 Å². The van der Waals surface area contributed by atoms with Crippen molar-refractivity contribution < 1.29 is 9.53 Å². The molecule has 0 heterocycles. The average molecular weight is 274 g/mol. The molecule has 0 bridgehead atoms. The van der Waals surface area contributed by atoms with Gasteiger partial charge in [0.1, 0.15) is 5.75 Å². The Balaban J connectivity index is 1.92. The number of hydrogen-bond acceptors (Lipinski definition) is 3. The molecular formula is C16H22N2O2. The van der Waals surface area contributed by atoms with Crippen LogP contribution in [0.5, 0.6) is 5.75 Å². The molecule has 4 nitrogen and oxygen atoms in total. The van der Waals surface area contributed by atoms with Crippen LogP contribution in [-0.2, 0) is 11.3 Å². The Bertz CT molecular complexity index is 469. The molecule has 2 N–H and O–H groups in total. The summed E-state index contributed by atoms with van der Waals surface area (Å²) < 4.78 is 5.77. The van der Waals surface area contributed by atoms with E-state index in [1.807, 2.05) is 24.3 Å². The third-order valence-electron chi connectivity index (χ3n) is 3.22. The van der Waals surface area contributed by atoms with Crippen molar-refractivity contribution in [2.24, 2.45) is 0 Å². The van der Waals surface area contributed by atoms with Crippen molar-refractivity contribution in [3.8, 4) is 5.75 Å². The molecule has 1 aromatic rings. The Morgan fingerprint density at radius 2 is 2.25 bits per heavy atom. The zero-order valence-corrected chi connectivity index (χ0v) is 11.9. The van der Waals surface area contributed by atoms with Gasteiger partial charge in [-0.1, -0.05) is 24.3 Å². The monoisotopic (exact) mass is 274 g/mol. The molecule has 0 aliphatic heterocycles. The minimum atomic E-state index is -0.517. The van der Waals surface area contributed by atoms with E-state index >= 15 is 0 Å². The molecule has 1 aromatic carbocycles. The summed E-state index contributed by atoms with van der Waals surface area (Å²) in [7, 11) is 0. The summed E-state index contributed by atoms with van der Waals surface area (Å²) in [6, 6.07) is 8.49. The maximum atomic E-state index is 11.8. The number of ether oxygens (including phenoxy) is 1. The van der Waals surface area contributed by atoms with E-state index in [1.165, 1.54) is 12.8 Å². The van der Waals surface area contributed by atoms with Crippen LogP contribution in [0.15, 0.2) is 36.9 Å². The van der Waals surface area contributed by atoms with E-state index < -0.39 is 6.10 Å². The highest BCUT2D eigenvalue weighted by atomic mass is 16.5. The highest BCUT2D eigenvalue weighted by Crippen LogP contribution is 2.23. The second-order valence-electron chi connectivity index (χ2n) is 5.06. The highest BCUT2D eigenvalue weighted by Gasteiger charge is 2.21. The smallest absolute Gasteiger partial charge is 0.261 e. The van der Waals surface area contributed by atoms with E-state index in [4.69, 9.17) is 4.74 Å². The second-order valence-corrected chi connectivity index (χ2v) is 5.06. The lowest BCUT2D eigenvalue weighted by Crippen LogP contribution is -2.36. The van der Waals surface area contributed by atoms with Crippen LogP contribution < -0.4 is 15.4 Å². The first-order valence-corrected chi connectivity index (χ1v) is 7.07. The topological polar surface area (TPSA) is 50.4 Å². The Hall–Kier alpha value is -1.81. The van der Waals surface area contributed by atoms with Gasteiger partial charge in [0.15, 0.2) is 6.10 Å². The first-order chi connectivity index (χ1) is 9.70. The standard InChI is InChI=1S/C16H22N2O2/c1-3-10-17-16(19)12(2)20-15-7-5-4-6-13(15)11-18-14-8-9-14/h3-7,12,14,18H,1,8-11H2,2H3,(H,17,19). The molecule has 2 rings (SSSR count). The minimum absolute atomic E-state index is 0.130. The number of carbonyl (C=O) groups excluding carboxylic acids is 1. The summed E-state index contributed by atoms with van der Waals surface area (Å²) >= 11 is 0. The van der Waals surface area contributed by atoms with E-state index in [0.29, 0.717) is 12.6 Å². The zero-order chi connectivity index (χ0) is 14.4. The fourth-order valence-electron chi connectivity index (χ4n) is 1.87. The Kier molecular flexibility index (Phi) is 5.18. The molecule has 1 atom stereocenters. The van der Waals surface area contributed by atoms with Gasteiger partial charge >= 0.3 is 0 Å². The van der Waals surface area contributed by atoms with Crippen molar-refractivity contribution in [3.05, 3.63) is 42.5 Å². The van der Waals surface area contributed by atoms with Gasteiger partial charge in [0.05, 0.1) is 0 Å². The molecule has 0 radical (unpaired) electrons. The number of para-hydroxylation sites is 1. The van der Waals surface area contributed by atoms with Gasteiger partial charge in [-0.3, -0.25) is 4.79 Å². The summed E-state index contributed by atoms with van der Waals surface area (Å²) in [4.78, 5) is 11.8. The number of carbonyl (C=O) groups is 1. The van der Waals surface area contributed by atoms with E-state index in [-0.39, 0.29) is 5.91 Å². The Morgan fingerprint density at radius 1 is 1.50 bits per heavy atom. The second kappa shape index (κ2) is 7.10. The van der Waals surface area contributed by atoms with Crippen molar-refractivity contribution in [1.29, 1.82) is 0 Å². The van der Waals surface area contributed by atoms with Crippen LogP contribution in [0.1, 0.15) is 25.3 Å². The number of hydrogen-bond donors (Lipinski definition) is 2. The Morgan fingerprint density at radius 3 is 2.95 bits per heavy atom. The normalized spacial score (nSPS) is 15.4. The van der Waals surface area contributed by atoms with Gasteiger partial charge in [0, 0.05) is 24.7 Å². The molecule has 1 aliphatic rings. The lowest BCUT2D eigenvalue weighted by atomic mass is 10.2. The maximum absolute atomic E-state index is 11.8. The number of benzene rings is 1. The predicted octanol–water partition coefficient (Wildman–Crippen LogP) is 2.01. The molecule has 0 spiro atoms. The van der Waals surface area contributed by atoms with Crippen molar-refractivity contribution in [2.45, 2.75) is 38.5 Å². The van der Waals surface area contributed by atoms with Crippen molar-refractivity contribution in [3.63, 3.8) is 0 Å². The number of amides is 1. The number of nitrogens with one attached hydrogen (secondary N) is 2. The first-order valence-electron chi connectivity index (χ1n) is 7.07. The van der Waals surface area contributed by atoms with E-state index in [2.05, 4.69) is 17.2 Å². The highest BCUT2D eigenvalue weighted by molar-refractivity contribution is 5.80. The molecule has 1 aliphatic carbocycles. The third-order valence-corrected chi connectivity index (χ3v) is 3.22. The summed E-state index contributed by atoms with van der Waals surface area (Å²) in [6.07, 6.45) is 3.64. The summed E-state index contributed by atoms with van der Waals surface area (Å²) in [5, 5.41) is 6.19. The van der Waals surface area contributed by atoms with Crippen LogP contribution in [0.3, 0.4) is 0 Å². The van der Waals surface area contributed by atoms with Gasteiger partial charge in [-0.25, -0.2) is 0 Å². The molecule has 1 saturated carbocycles. The van der Waals surface area contributed by atoms with Crippen LogP contribution in [0.25, 0.3) is 0 Å². The van der Waals surface area contributed by atoms with Crippen LogP contribution in [0, 0.1) is 0 Å².